The molecule has 75 heavy (non-hydrogen) atoms. The molecule has 0 radical (unpaired) electrons. The highest BCUT2D eigenvalue weighted by Gasteiger charge is 2.37. The van der Waals surface area contributed by atoms with E-state index in [1.54, 1.807) is 59.7 Å². The van der Waals surface area contributed by atoms with Crippen LogP contribution in [0.1, 0.15) is 113 Å². The van der Waals surface area contributed by atoms with Gasteiger partial charge >= 0.3 is 6.09 Å². The van der Waals surface area contributed by atoms with Crippen LogP contribution in [0.2, 0.25) is 0 Å². The zero-order chi connectivity index (χ0) is 54.0. The Morgan fingerprint density at radius 2 is 1.68 bits per heavy atom. The summed E-state index contributed by atoms with van der Waals surface area (Å²) < 4.78 is 12.6. The van der Waals surface area contributed by atoms with Crippen molar-refractivity contribution in [1.82, 2.24) is 29.6 Å². The summed E-state index contributed by atoms with van der Waals surface area (Å²) >= 11 is 0. The average Bonchev–Trinajstić information content (AvgIpc) is 3.78. The number of piperidine rings is 1. The van der Waals surface area contributed by atoms with Gasteiger partial charge in [-0.1, -0.05) is 39.8 Å². The number of nitrogens with zero attached hydrogens (tertiary/aromatic N) is 6. The number of aromatic nitrogens is 2. The van der Waals surface area contributed by atoms with Gasteiger partial charge in [-0.15, -0.1) is 0 Å². The zero-order valence-corrected chi connectivity index (χ0v) is 43.7. The number of piperazine rings is 1. The number of hydrogen-bond donors (Lipinski definition) is 6. The fourth-order valence-electron chi connectivity index (χ4n) is 10.6. The van der Waals surface area contributed by atoms with E-state index in [1.165, 1.54) is 12.1 Å². The third kappa shape index (κ3) is 10.7. The van der Waals surface area contributed by atoms with Crippen LogP contribution in [0.3, 0.4) is 0 Å². The monoisotopic (exact) mass is 1030 g/mol. The van der Waals surface area contributed by atoms with Crippen LogP contribution < -0.4 is 20.5 Å². The Hall–Kier alpha value is -7.64. The fourth-order valence-corrected chi connectivity index (χ4v) is 10.6. The molecule has 3 aromatic carbocycles. The zero-order valence-electron chi connectivity index (χ0n) is 43.7. The average molecular weight is 1030 g/mol. The molecule has 6 N–H and O–H groups in total. The standard InChI is InChI=1S/C56H67N9O10/c1-8-38-40-23-37(15-16-45(40)60-49-42(38)29-64-46(49)25-44(56(7,73)9-2)43(54(64)71)30-74-31-66)75-55(72)63-22-21-62(27-33(63)6)53(70)35-17-19-61(20-18-35)28-34-11-13-36(14-12-34)65(51(58)52(69)59-10-3)50(57)41-24-39(32(4)5)47(67)26-48(41)68/h11-16,23-26,31-33,35,57-58,67-68,73H,8-10,17-22,27-30H2,1-7H3,(H,59,69). The van der Waals surface area contributed by atoms with E-state index >= 15 is 0 Å². The number of amidine groups is 2. The maximum atomic E-state index is 13.9. The van der Waals surface area contributed by atoms with Crippen LogP contribution in [0.15, 0.2) is 65.5 Å². The lowest BCUT2D eigenvalue weighted by Crippen LogP contribution is -2.57. The molecule has 0 aliphatic carbocycles. The van der Waals surface area contributed by atoms with E-state index in [1.807, 2.05) is 51.7 Å². The predicted molar refractivity (Wildman–Crippen MR) is 283 cm³/mol. The Kier molecular flexibility index (Phi) is 15.8. The van der Waals surface area contributed by atoms with Gasteiger partial charge in [0.15, 0.2) is 5.84 Å². The number of aliphatic hydroxyl groups is 1. The molecule has 396 valence electrons. The summed E-state index contributed by atoms with van der Waals surface area (Å²) in [6.07, 6.45) is 1.73. The smallest absolute Gasteiger partial charge is 0.415 e. The molecular weight excluding hydrogens is 959 g/mol. The number of likely N-dealkylation sites (N-methyl/N-ethyl adjacent to an activating group) is 1. The minimum absolute atomic E-state index is 0.0614. The number of likely N-dealkylation sites (tertiary alicyclic amines) is 1. The third-order valence-electron chi connectivity index (χ3n) is 15.0. The van der Waals surface area contributed by atoms with Crippen molar-refractivity contribution in [2.75, 3.05) is 44.2 Å². The molecule has 0 spiro atoms. The Morgan fingerprint density at radius 3 is 2.32 bits per heavy atom. The van der Waals surface area contributed by atoms with Crippen LogP contribution in [0, 0.1) is 16.7 Å². The highest BCUT2D eigenvalue weighted by molar-refractivity contribution is 6.48. The molecule has 2 atom stereocenters. The number of anilines is 1. The predicted octanol–water partition coefficient (Wildman–Crippen LogP) is 6.70. The molecule has 0 bridgehead atoms. The lowest BCUT2D eigenvalue weighted by Gasteiger charge is -2.41. The van der Waals surface area contributed by atoms with Crippen LogP contribution in [-0.2, 0) is 50.8 Å². The first-order chi connectivity index (χ1) is 35.8. The van der Waals surface area contributed by atoms with Crippen molar-refractivity contribution < 1.29 is 44.0 Å². The first kappa shape index (κ1) is 53.6. The summed E-state index contributed by atoms with van der Waals surface area (Å²) in [7, 11) is 0. The van der Waals surface area contributed by atoms with E-state index in [4.69, 9.17) is 25.3 Å². The van der Waals surface area contributed by atoms with Crippen molar-refractivity contribution in [3.63, 3.8) is 0 Å². The van der Waals surface area contributed by atoms with E-state index < -0.39 is 23.4 Å². The van der Waals surface area contributed by atoms with Crippen molar-refractivity contribution >= 4 is 52.6 Å². The first-order valence-corrected chi connectivity index (χ1v) is 25.7. The maximum Gasteiger partial charge on any atom is 0.415 e. The van der Waals surface area contributed by atoms with Crippen molar-refractivity contribution in [2.45, 2.75) is 111 Å². The van der Waals surface area contributed by atoms with Crippen molar-refractivity contribution in [3.05, 3.63) is 110 Å². The van der Waals surface area contributed by atoms with Gasteiger partial charge in [0.25, 0.3) is 17.9 Å². The molecule has 8 rings (SSSR count). The van der Waals surface area contributed by atoms with Crippen LogP contribution >= 0.6 is 0 Å². The van der Waals surface area contributed by atoms with Gasteiger partial charge in [-0.05, 0) is 130 Å². The number of benzene rings is 3. The minimum Gasteiger partial charge on any atom is -0.508 e. The number of rotatable bonds is 14. The molecule has 2 aromatic heterocycles. The highest BCUT2D eigenvalue weighted by atomic mass is 16.6. The Labute approximate surface area is 435 Å². The van der Waals surface area contributed by atoms with Gasteiger partial charge in [0.2, 0.25) is 5.91 Å². The van der Waals surface area contributed by atoms with Gasteiger partial charge in [-0.25, -0.2) is 9.78 Å². The second-order valence-corrected chi connectivity index (χ2v) is 20.2. The van der Waals surface area contributed by atoms with E-state index in [-0.39, 0.29) is 84.0 Å². The number of hydrogen-bond acceptors (Lipinski definition) is 14. The molecule has 3 aliphatic rings. The highest BCUT2D eigenvalue weighted by Crippen LogP contribution is 2.40. The van der Waals surface area contributed by atoms with Gasteiger partial charge < -0.3 is 44.5 Å². The van der Waals surface area contributed by atoms with Crippen LogP contribution in [0.25, 0.3) is 22.3 Å². The molecule has 2 unspecified atom stereocenters. The van der Waals surface area contributed by atoms with Gasteiger partial charge in [-0.3, -0.25) is 39.8 Å². The molecule has 19 heteroatoms. The number of carbonyl (C=O) groups excluding carboxylic acids is 4. The summed E-state index contributed by atoms with van der Waals surface area (Å²) in [6.45, 7) is 16.4. The second kappa shape index (κ2) is 22.1. The summed E-state index contributed by atoms with van der Waals surface area (Å²) in [5, 5.41) is 53.7. The van der Waals surface area contributed by atoms with Crippen molar-refractivity contribution in [2.24, 2.45) is 5.92 Å². The summed E-state index contributed by atoms with van der Waals surface area (Å²) in [4.78, 5) is 77.6. The molecule has 5 aromatic rings. The van der Waals surface area contributed by atoms with E-state index in [9.17, 15) is 39.3 Å². The molecule has 19 nitrogen and oxygen atoms in total. The Morgan fingerprint density at radius 1 is 0.960 bits per heavy atom. The molecular formula is C56H67N9O10. The maximum absolute atomic E-state index is 13.9. The van der Waals surface area contributed by atoms with Crippen LogP contribution in [-0.4, -0.2) is 121 Å². The molecule has 0 saturated carbocycles. The summed E-state index contributed by atoms with van der Waals surface area (Å²) in [5.74, 6) is -1.84. The Balaban J connectivity index is 0.875. The SMILES string of the molecule is CCNC(=O)C(=N)N(C(=N)c1cc(C(C)C)c(O)cc1O)c1ccc(CN2CCC(C(=O)N3CCN(C(=O)Oc4ccc5nc6c(c(CC)c5c4)Cn4c-6cc(C(C)(O)CC)c(COC=O)c4=O)C(C)C3)CC2)cc1. The number of amides is 3. The van der Waals surface area contributed by atoms with Gasteiger partial charge in [-0.2, -0.15) is 0 Å². The lowest BCUT2D eigenvalue weighted by atomic mass is 9.89. The quantitative estimate of drug-likeness (QED) is 0.0378. The molecule has 2 saturated heterocycles. The second-order valence-electron chi connectivity index (χ2n) is 20.2. The van der Waals surface area contributed by atoms with Gasteiger partial charge in [0.1, 0.15) is 29.7 Å². The van der Waals surface area contributed by atoms with Crippen LogP contribution in [0.4, 0.5) is 10.5 Å². The van der Waals surface area contributed by atoms with Crippen molar-refractivity contribution in [3.8, 4) is 28.6 Å². The van der Waals surface area contributed by atoms with E-state index in [0.717, 1.165) is 27.0 Å². The van der Waals surface area contributed by atoms with Crippen molar-refractivity contribution in [1.29, 1.82) is 10.8 Å². The molecule has 5 heterocycles. The van der Waals surface area contributed by atoms with E-state index in [2.05, 4.69) is 10.2 Å². The normalized spacial score (nSPS) is 16.5. The largest absolute Gasteiger partial charge is 0.508 e. The van der Waals surface area contributed by atoms with Gasteiger partial charge in [0, 0.05) is 67.4 Å². The Bertz CT molecular complexity index is 3130. The number of fused-ring (bicyclic) bond motifs is 4. The number of nitrogens with one attached hydrogen (secondary N) is 3. The topological polar surface area (TPSA) is 255 Å². The number of aryl methyl sites for hydroxylation is 1. The molecule has 2 fully saturated rings. The molecule has 3 aliphatic heterocycles. The summed E-state index contributed by atoms with van der Waals surface area (Å²) in [6, 6.07) is 16.6. The molecule has 3 amide bonds. The third-order valence-corrected chi connectivity index (χ3v) is 15.0. The first-order valence-electron chi connectivity index (χ1n) is 25.7. The number of ether oxygens (including phenoxy) is 2. The van der Waals surface area contributed by atoms with Crippen LogP contribution in [0.5, 0.6) is 17.2 Å². The fraction of sp³-hybridized carbons (Fsp3) is 0.429. The lowest BCUT2D eigenvalue weighted by molar-refractivity contribution is -0.139. The van der Waals surface area contributed by atoms with E-state index in [0.29, 0.717) is 104 Å². The summed E-state index contributed by atoms with van der Waals surface area (Å²) in [5.41, 5.74) is 4.44. The van der Waals surface area contributed by atoms with Gasteiger partial charge in [0.05, 0.1) is 40.2 Å². The number of carbonyl (C=O) groups is 4. The number of pyridine rings is 2. The number of aromatic hydroxyl groups is 2. The number of phenolic OH excluding ortho intramolecular Hbond substituents is 2. The minimum atomic E-state index is -1.35. The number of phenols is 2.